The predicted octanol–water partition coefficient (Wildman–Crippen LogP) is 2.62. The fourth-order valence-electron chi connectivity index (χ4n) is 1.45. The van der Waals surface area contributed by atoms with Gasteiger partial charge in [-0.3, -0.25) is 4.79 Å². The van der Waals surface area contributed by atoms with Crippen molar-refractivity contribution in [3.8, 4) is 0 Å². The van der Waals surface area contributed by atoms with Crippen LogP contribution in [0.2, 0.25) is 0 Å². The van der Waals surface area contributed by atoms with Crippen molar-refractivity contribution in [2.75, 3.05) is 6.54 Å². The van der Waals surface area contributed by atoms with E-state index in [4.69, 9.17) is 0 Å². The van der Waals surface area contributed by atoms with E-state index in [1.54, 1.807) is 0 Å². The normalized spacial score (nSPS) is 10.8. The third-order valence-corrected chi connectivity index (χ3v) is 2.84. The van der Waals surface area contributed by atoms with Crippen LogP contribution in [0.25, 0.3) is 0 Å². The fraction of sp³-hybridized carbons (Fsp3) is 0.500. The zero-order valence-electron chi connectivity index (χ0n) is 10.6. The molecule has 1 rings (SSSR count). The molecule has 0 saturated carbocycles. The monoisotopic (exact) mass is 219 g/mol. The van der Waals surface area contributed by atoms with E-state index < -0.39 is 0 Å². The van der Waals surface area contributed by atoms with Gasteiger partial charge in [0, 0.05) is 12.5 Å². The number of ketones is 1. The van der Waals surface area contributed by atoms with E-state index in [1.165, 1.54) is 16.7 Å². The Morgan fingerprint density at radius 2 is 1.94 bits per heavy atom. The predicted molar refractivity (Wildman–Crippen MR) is 67.5 cm³/mol. The first-order valence-electron chi connectivity index (χ1n) is 5.80. The first-order valence-corrected chi connectivity index (χ1v) is 5.80. The quantitative estimate of drug-likeness (QED) is 0.824. The van der Waals surface area contributed by atoms with E-state index in [9.17, 15) is 4.79 Å². The van der Waals surface area contributed by atoms with Gasteiger partial charge in [-0.05, 0) is 30.5 Å². The molecule has 0 amide bonds. The lowest BCUT2D eigenvalue weighted by Crippen LogP contribution is -2.25. The van der Waals surface area contributed by atoms with Crippen molar-refractivity contribution in [3.63, 3.8) is 0 Å². The van der Waals surface area contributed by atoms with E-state index in [0.29, 0.717) is 6.54 Å². The summed E-state index contributed by atoms with van der Waals surface area (Å²) >= 11 is 0. The summed E-state index contributed by atoms with van der Waals surface area (Å²) in [5.41, 5.74) is 3.84. The van der Waals surface area contributed by atoms with E-state index in [2.05, 4.69) is 37.4 Å². The molecule has 1 N–H and O–H groups in total. The van der Waals surface area contributed by atoms with Gasteiger partial charge in [-0.2, -0.15) is 0 Å². The van der Waals surface area contributed by atoms with Gasteiger partial charge in [0.25, 0.3) is 0 Å². The van der Waals surface area contributed by atoms with Crippen molar-refractivity contribution in [1.29, 1.82) is 0 Å². The van der Waals surface area contributed by atoms with Crippen LogP contribution in [0.3, 0.4) is 0 Å². The topological polar surface area (TPSA) is 29.1 Å². The summed E-state index contributed by atoms with van der Waals surface area (Å²) in [4.78, 5) is 11.4. The number of benzene rings is 1. The van der Waals surface area contributed by atoms with Gasteiger partial charge in [-0.15, -0.1) is 0 Å². The van der Waals surface area contributed by atoms with Crippen LogP contribution in [0.4, 0.5) is 0 Å². The molecule has 1 aromatic carbocycles. The van der Waals surface area contributed by atoms with Gasteiger partial charge < -0.3 is 5.32 Å². The molecule has 0 saturated heterocycles. The average molecular weight is 219 g/mol. The standard InChI is InChI=1S/C14H21NO/c1-10(2)14(16)9-15-8-13-6-5-11(3)12(4)7-13/h5-7,10,15H,8-9H2,1-4H3. The Morgan fingerprint density at radius 3 is 2.50 bits per heavy atom. The Kier molecular flexibility index (Phi) is 4.69. The van der Waals surface area contributed by atoms with E-state index >= 15 is 0 Å². The Labute approximate surface area is 98.1 Å². The summed E-state index contributed by atoms with van der Waals surface area (Å²) in [6.07, 6.45) is 0. The second kappa shape index (κ2) is 5.80. The highest BCUT2D eigenvalue weighted by atomic mass is 16.1. The molecule has 0 aliphatic rings. The third-order valence-electron chi connectivity index (χ3n) is 2.84. The summed E-state index contributed by atoms with van der Waals surface area (Å²) in [6, 6.07) is 6.40. The van der Waals surface area contributed by atoms with Crippen LogP contribution in [0.1, 0.15) is 30.5 Å². The van der Waals surface area contributed by atoms with Crippen LogP contribution >= 0.6 is 0 Å². The average Bonchev–Trinajstić information content (AvgIpc) is 2.23. The zero-order valence-corrected chi connectivity index (χ0v) is 10.6. The molecule has 0 aromatic heterocycles. The smallest absolute Gasteiger partial charge is 0.149 e. The molecule has 0 fully saturated rings. The number of hydrogen-bond donors (Lipinski definition) is 1. The van der Waals surface area contributed by atoms with Gasteiger partial charge >= 0.3 is 0 Å². The third kappa shape index (κ3) is 3.78. The molecular weight excluding hydrogens is 198 g/mol. The summed E-state index contributed by atoms with van der Waals surface area (Å²) in [5, 5.41) is 3.18. The van der Waals surface area contributed by atoms with E-state index in [-0.39, 0.29) is 11.7 Å². The maximum Gasteiger partial charge on any atom is 0.149 e. The first-order chi connectivity index (χ1) is 7.50. The molecule has 0 aliphatic carbocycles. The van der Waals surface area contributed by atoms with Crippen LogP contribution in [0.15, 0.2) is 18.2 Å². The van der Waals surface area contributed by atoms with E-state index in [0.717, 1.165) is 6.54 Å². The number of nitrogens with one attached hydrogen (secondary N) is 1. The number of Topliss-reactive ketones (excluding diaryl/α,β-unsaturated/α-hetero) is 1. The highest BCUT2D eigenvalue weighted by molar-refractivity contribution is 5.82. The second-order valence-electron chi connectivity index (χ2n) is 4.64. The van der Waals surface area contributed by atoms with Crippen molar-refractivity contribution in [3.05, 3.63) is 34.9 Å². The Balaban J connectivity index is 2.43. The Bertz CT molecular complexity index is 369. The summed E-state index contributed by atoms with van der Waals surface area (Å²) < 4.78 is 0. The van der Waals surface area contributed by atoms with Crippen molar-refractivity contribution in [1.82, 2.24) is 5.32 Å². The summed E-state index contributed by atoms with van der Waals surface area (Å²) in [5.74, 6) is 0.385. The highest BCUT2D eigenvalue weighted by Crippen LogP contribution is 2.09. The Hall–Kier alpha value is -1.15. The molecule has 0 spiro atoms. The first kappa shape index (κ1) is 12.9. The molecule has 1 aromatic rings. The minimum atomic E-state index is 0.118. The van der Waals surface area contributed by atoms with Gasteiger partial charge in [0.05, 0.1) is 6.54 Å². The minimum Gasteiger partial charge on any atom is -0.306 e. The van der Waals surface area contributed by atoms with Crippen LogP contribution in [0, 0.1) is 19.8 Å². The number of hydrogen-bond acceptors (Lipinski definition) is 2. The number of carbonyl (C=O) groups excluding carboxylic acids is 1. The fourth-order valence-corrected chi connectivity index (χ4v) is 1.45. The van der Waals surface area contributed by atoms with Crippen molar-refractivity contribution in [2.45, 2.75) is 34.2 Å². The highest BCUT2D eigenvalue weighted by Gasteiger charge is 2.05. The SMILES string of the molecule is Cc1ccc(CNCC(=O)C(C)C)cc1C. The zero-order chi connectivity index (χ0) is 12.1. The molecular formula is C14H21NO. The summed E-state index contributed by atoms with van der Waals surface area (Å²) in [6.45, 7) is 9.30. The maximum absolute atomic E-state index is 11.4. The number of rotatable bonds is 5. The molecule has 0 radical (unpaired) electrons. The number of carbonyl (C=O) groups is 1. The number of aryl methyl sites for hydroxylation is 2. The van der Waals surface area contributed by atoms with Crippen LogP contribution in [-0.4, -0.2) is 12.3 Å². The molecule has 0 atom stereocenters. The maximum atomic E-state index is 11.4. The molecule has 88 valence electrons. The molecule has 0 heterocycles. The lowest BCUT2D eigenvalue weighted by Gasteiger charge is -2.08. The lowest BCUT2D eigenvalue weighted by molar-refractivity contribution is -0.121. The molecule has 2 heteroatoms. The summed E-state index contributed by atoms with van der Waals surface area (Å²) in [7, 11) is 0. The minimum absolute atomic E-state index is 0.118. The van der Waals surface area contributed by atoms with Crippen molar-refractivity contribution >= 4 is 5.78 Å². The molecule has 0 bridgehead atoms. The van der Waals surface area contributed by atoms with Gasteiger partial charge in [0.1, 0.15) is 5.78 Å². The van der Waals surface area contributed by atoms with Crippen LogP contribution in [-0.2, 0) is 11.3 Å². The van der Waals surface area contributed by atoms with Gasteiger partial charge in [-0.25, -0.2) is 0 Å². The van der Waals surface area contributed by atoms with Gasteiger partial charge in [0.15, 0.2) is 0 Å². The van der Waals surface area contributed by atoms with Crippen LogP contribution < -0.4 is 5.32 Å². The second-order valence-corrected chi connectivity index (χ2v) is 4.64. The molecule has 0 unspecified atom stereocenters. The van der Waals surface area contributed by atoms with Crippen molar-refractivity contribution < 1.29 is 4.79 Å². The lowest BCUT2D eigenvalue weighted by atomic mass is 10.1. The molecule has 0 aliphatic heterocycles. The van der Waals surface area contributed by atoms with Gasteiger partial charge in [0.2, 0.25) is 0 Å². The van der Waals surface area contributed by atoms with E-state index in [1.807, 2.05) is 13.8 Å². The molecule has 2 nitrogen and oxygen atoms in total. The molecule has 16 heavy (non-hydrogen) atoms. The van der Waals surface area contributed by atoms with Crippen molar-refractivity contribution in [2.24, 2.45) is 5.92 Å². The Morgan fingerprint density at radius 1 is 1.25 bits per heavy atom. The largest absolute Gasteiger partial charge is 0.306 e. The van der Waals surface area contributed by atoms with Crippen LogP contribution in [0.5, 0.6) is 0 Å². The van der Waals surface area contributed by atoms with Gasteiger partial charge in [-0.1, -0.05) is 32.0 Å².